The quantitative estimate of drug-likeness (QED) is 0.109. The van der Waals surface area contributed by atoms with Gasteiger partial charge >= 0.3 is 59.1 Å². The molecule has 0 spiro atoms. The van der Waals surface area contributed by atoms with Crippen molar-refractivity contribution in [2.75, 3.05) is 5.73 Å². The van der Waals surface area contributed by atoms with E-state index in [0.29, 0.717) is 6.07 Å². The van der Waals surface area contributed by atoms with Crippen molar-refractivity contribution in [2.45, 2.75) is 9.79 Å². The molecule has 31 heavy (non-hydrogen) atoms. The number of rotatable bonds is 4. The van der Waals surface area contributed by atoms with Crippen molar-refractivity contribution >= 4 is 48.1 Å². The summed E-state index contributed by atoms with van der Waals surface area (Å²) in [4.78, 5) is -1.66. The topological polar surface area (TPSA) is 200 Å². The van der Waals surface area contributed by atoms with Crippen LogP contribution in [0.3, 0.4) is 0 Å². The van der Waals surface area contributed by atoms with E-state index in [1.54, 1.807) is 12.1 Å². The molecule has 0 heterocycles. The minimum atomic E-state index is -4.96. The molecule has 0 saturated carbocycles. The Morgan fingerprint density at radius 1 is 0.839 bits per heavy atom. The van der Waals surface area contributed by atoms with Gasteiger partial charge in [0, 0.05) is 6.07 Å². The normalized spacial score (nSPS) is 11.8. The number of hydrogen-bond donors (Lipinski definition) is 5. The fraction of sp³-hybridized carbons (Fsp3) is 0. The Balaban J connectivity index is 0.00000240. The molecule has 3 aromatic rings. The van der Waals surface area contributed by atoms with Crippen molar-refractivity contribution in [1.29, 1.82) is 0 Å². The van der Waals surface area contributed by atoms with Crippen molar-refractivity contribution in [3.63, 3.8) is 0 Å². The molecule has 11 nitrogen and oxygen atoms in total. The molecule has 152 valence electrons. The fourth-order valence-corrected chi connectivity index (χ4v) is 3.76. The van der Waals surface area contributed by atoms with Crippen molar-refractivity contribution in [3.8, 4) is 11.5 Å². The van der Waals surface area contributed by atoms with Gasteiger partial charge < -0.3 is 15.9 Å². The van der Waals surface area contributed by atoms with Gasteiger partial charge in [0.2, 0.25) is 0 Å². The van der Waals surface area contributed by atoms with Gasteiger partial charge in [-0.05, 0) is 29.7 Å². The molecule has 0 atom stereocenters. The number of nitrogens with zero attached hydrogens (tertiary/aromatic N) is 2. The number of benzene rings is 3. The van der Waals surface area contributed by atoms with Crippen molar-refractivity contribution < 1.29 is 95.3 Å². The molecular weight excluding hydrogens is 472 g/mol. The van der Waals surface area contributed by atoms with Gasteiger partial charge in [-0.1, -0.05) is 12.1 Å². The number of nitrogens with two attached hydrogens (primary N) is 1. The summed E-state index contributed by atoms with van der Waals surface area (Å²) in [5.74, 6) is -1.68. The van der Waals surface area contributed by atoms with Gasteiger partial charge in [0.1, 0.15) is 22.0 Å². The maximum Gasteiger partial charge on any atom is 1.00 e. The standard InChI is InChI=1S/C16H13N3O8S2.2Na/c17-10-3-1-2-4-11(10)18-19-15-13(29(25,26)27)6-8-5-9(28(22,23)24)7-12(20)14(8)16(15)21;;/h1-7,20-21H,17H2,(H,22,23,24)(H,25,26,27);;/q;2*+1. The van der Waals surface area contributed by atoms with Gasteiger partial charge in [0.05, 0.1) is 16.0 Å². The van der Waals surface area contributed by atoms with Crippen LogP contribution in [0, 0.1) is 0 Å². The average molecular weight is 485 g/mol. The number of para-hydroxylation sites is 1. The molecule has 0 aliphatic rings. The third kappa shape index (κ3) is 5.96. The molecule has 0 unspecified atom stereocenters. The molecule has 0 radical (unpaired) electrons. The van der Waals surface area contributed by atoms with Crippen LogP contribution in [0.15, 0.2) is 62.5 Å². The third-order valence-electron chi connectivity index (χ3n) is 3.87. The van der Waals surface area contributed by atoms with E-state index < -0.39 is 47.2 Å². The first-order chi connectivity index (χ1) is 13.4. The number of aromatic hydroxyl groups is 2. The molecule has 0 aliphatic carbocycles. The first-order valence-electron chi connectivity index (χ1n) is 7.63. The van der Waals surface area contributed by atoms with Crippen LogP contribution >= 0.6 is 0 Å². The minimum Gasteiger partial charge on any atom is -0.507 e. The number of hydrogen-bond acceptors (Lipinski definition) is 9. The van der Waals surface area contributed by atoms with Gasteiger partial charge in [0.25, 0.3) is 20.2 Å². The second kappa shape index (κ2) is 10.1. The van der Waals surface area contributed by atoms with Crippen LogP contribution < -0.4 is 64.8 Å². The zero-order chi connectivity index (χ0) is 21.6. The van der Waals surface area contributed by atoms with Crippen LogP contribution in [0.4, 0.5) is 17.1 Å². The van der Waals surface area contributed by atoms with E-state index in [1.165, 1.54) is 12.1 Å². The minimum absolute atomic E-state index is 0. The molecule has 6 N–H and O–H groups in total. The Bertz CT molecular complexity index is 1390. The van der Waals surface area contributed by atoms with E-state index in [2.05, 4.69) is 10.2 Å². The number of phenols is 2. The van der Waals surface area contributed by atoms with Crippen LogP contribution in [-0.4, -0.2) is 36.2 Å². The van der Waals surface area contributed by atoms with Crippen LogP contribution in [0.5, 0.6) is 11.5 Å². The molecular formula is C16H13N3Na2O8S2+2. The van der Waals surface area contributed by atoms with E-state index in [9.17, 15) is 31.6 Å². The van der Waals surface area contributed by atoms with Gasteiger partial charge in [-0.25, -0.2) is 0 Å². The summed E-state index contributed by atoms with van der Waals surface area (Å²) in [6.07, 6.45) is 0. The van der Waals surface area contributed by atoms with Gasteiger partial charge in [-0.15, -0.1) is 10.2 Å². The van der Waals surface area contributed by atoms with Gasteiger partial charge in [-0.3, -0.25) is 9.11 Å². The molecule has 0 aliphatic heterocycles. The van der Waals surface area contributed by atoms with Crippen molar-refractivity contribution in [1.82, 2.24) is 0 Å². The zero-order valence-electron chi connectivity index (χ0n) is 16.3. The number of phenolic OH excluding ortho intramolecular Hbond substituents is 2. The SMILES string of the molecule is Nc1ccccc1N=Nc1c(S(=O)(=O)O)cc2cc(S(=O)(=O)O)cc(O)c2c1O.[Na+].[Na+]. The summed E-state index contributed by atoms with van der Waals surface area (Å²) in [5, 5.41) is 27.3. The molecule has 15 heteroatoms. The second-order valence-electron chi connectivity index (χ2n) is 5.82. The van der Waals surface area contributed by atoms with E-state index in [1.807, 2.05) is 0 Å². The first kappa shape index (κ1) is 27.8. The Hall–Kier alpha value is -1.26. The summed E-state index contributed by atoms with van der Waals surface area (Å²) >= 11 is 0. The Kier molecular flexibility index (Phi) is 9.07. The number of anilines is 1. The molecule has 0 amide bonds. The number of azo groups is 1. The van der Waals surface area contributed by atoms with Gasteiger partial charge in [0.15, 0.2) is 5.75 Å². The average Bonchev–Trinajstić information content (AvgIpc) is 2.60. The molecule has 0 fully saturated rings. The summed E-state index contributed by atoms with van der Waals surface area (Å²) in [6.45, 7) is 0. The smallest absolute Gasteiger partial charge is 0.507 e. The van der Waals surface area contributed by atoms with Crippen LogP contribution in [-0.2, 0) is 20.2 Å². The van der Waals surface area contributed by atoms with Crippen molar-refractivity contribution in [3.05, 3.63) is 42.5 Å². The van der Waals surface area contributed by atoms with E-state index >= 15 is 0 Å². The molecule has 3 aromatic carbocycles. The van der Waals surface area contributed by atoms with Crippen LogP contribution in [0.1, 0.15) is 0 Å². The van der Waals surface area contributed by atoms with Gasteiger partial charge in [-0.2, -0.15) is 16.8 Å². The number of fused-ring (bicyclic) bond motifs is 1. The zero-order valence-corrected chi connectivity index (χ0v) is 21.9. The van der Waals surface area contributed by atoms with Crippen LogP contribution in [0.2, 0.25) is 0 Å². The Morgan fingerprint density at radius 2 is 1.45 bits per heavy atom. The van der Waals surface area contributed by atoms with Crippen molar-refractivity contribution in [2.24, 2.45) is 10.2 Å². The van der Waals surface area contributed by atoms with E-state index in [-0.39, 0.29) is 81.3 Å². The summed E-state index contributed by atoms with van der Waals surface area (Å²) in [7, 11) is -9.71. The summed E-state index contributed by atoms with van der Waals surface area (Å²) < 4.78 is 64.9. The second-order valence-corrected chi connectivity index (χ2v) is 8.63. The summed E-state index contributed by atoms with van der Waals surface area (Å²) in [6, 6.07) is 8.38. The van der Waals surface area contributed by atoms with E-state index in [4.69, 9.17) is 10.3 Å². The maximum absolute atomic E-state index is 11.8. The summed E-state index contributed by atoms with van der Waals surface area (Å²) in [5.41, 5.74) is 5.34. The fourth-order valence-electron chi connectivity index (χ4n) is 2.56. The molecule has 0 bridgehead atoms. The molecule has 0 aromatic heterocycles. The largest absolute Gasteiger partial charge is 1.00 e. The number of nitrogen functional groups attached to an aromatic ring is 1. The van der Waals surface area contributed by atoms with Crippen LogP contribution in [0.25, 0.3) is 10.8 Å². The maximum atomic E-state index is 11.8. The third-order valence-corrected chi connectivity index (χ3v) is 5.57. The predicted molar refractivity (Wildman–Crippen MR) is 102 cm³/mol. The Morgan fingerprint density at radius 3 is 2.00 bits per heavy atom. The molecule has 0 saturated heterocycles. The first-order valence-corrected chi connectivity index (χ1v) is 10.5. The monoisotopic (exact) mass is 485 g/mol. The Labute approximate surface area is 221 Å². The predicted octanol–water partition coefficient (Wildman–Crippen LogP) is -3.25. The molecule has 3 rings (SSSR count). The van der Waals surface area contributed by atoms with E-state index in [0.717, 1.165) is 12.1 Å².